The first-order valence-electron chi connectivity index (χ1n) is 4.50. The molecule has 1 aromatic carbocycles. The number of fused-ring (bicyclic) bond motifs is 1. The summed E-state index contributed by atoms with van der Waals surface area (Å²) >= 11 is 0. The third kappa shape index (κ3) is 1.79. The molecule has 0 aliphatic carbocycles. The Labute approximate surface area is 86.7 Å². The maximum absolute atomic E-state index is 10.6. The lowest BCUT2D eigenvalue weighted by Gasteiger charge is -2.02. The average molecular weight is 206 g/mol. The maximum Gasteiger partial charge on any atom is 0.387 e. The van der Waals surface area contributed by atoms with E-state index in [9.17, 15) is 4.79 Å². The zero-order chi connectivity index (χ0) is 10.8. The predicted molar refractivity (Wildman–Crippen MR) is 53.0 cm³/mol. The van der Waals surface area contributed by atoms with Crippen molar-refractivity contribution < 1.29 is 19.4 Å². The molecule has 0 radical (unpaired) electrons. The molecule has 0 bridgehead atoms. The van der Waals surface area contributed by atoms with Gasteiger partial charge < -0.3 is 14.6 Å². The van der Waals surface area contributed by atoms with Gasteiger partial charge in [-0.25, -0.2) is 4.79 Å². The molecule has 0 aromatic heterocycles. The highest BCUT2D eigenvalue weighted by Gasteiger charge is 2.30. The van der Waals surface area contributed by atoms with Gasteiger partial charge in [-0.1, -0.05) is 12.1 Å². The number of hydrogen-bond acceptors (Lipinski definition) is 3. The smallest absolute Gasteiger partial charge is 0.387 e. The minimum Gasteiger partial charge on any atom is -0.476 e. The van der Waals surface area contributed by atoms with E-state index in [-0.39, 0.29) is 0 Å². The Morgan fingerprint density at radius 3 is 2.87 bits per heavy atom. The van der Waals surface area contributed by atoms with Crippen LogP contribution in [0.25, 0.3) is 0 Å². The van der Waals surface area contributed by atoms with E-state index in [0.717, 1.165) is 5.56 Å². The number of aliphatic carboxylic acids is 1. The first-order chi connectivity index (χ1) is 7.20. The van der Waals surface area contributed by atoms with E-state index in [1.54, 1.807) is 18.2 Å². The molecule has 1 aromatic rings. The quantitative estimate of drug-likeness (QED) is 0.763. The number of carboxylic acid groups (broad SMARTS) is 1. The molecule has 4 heteroatoms. The summed E-state index contributed by atoms with van der Waals surface area (Å²) in [5.41, 5.74) is 1.01. The highest BCUT2D eigenvalue weighted by molar-refractivity contribution is 5.73. The van der Waals surface area contributed by atoms with E-state index in [4.69, 9.17) is 14.6 Å². The van der Waals surface area contributed by atoms with Crippen LogP contribution in [0.3, 0.4) is 0 Å². The van der Waals surface area contributed by atoms with E-state index in [1.165, 1.54) is 0 Å². The highest BCUT2D eigenvalue weighted by Crippen LogP contribution is 2.35. The van der Waals surface area contributed by atoms with Gasteiger partial charge in [0.25, 0.3) is 0 Å². The number of ether oxygens (including phenoxy) is 2. The van der Waals surface area contributed by atoms with Gasteiger partial charge >= 0.3 is 12.3 Å². The normalized spacial score (nSPS) is 17.5. The molecule has 1 N–H and O–H groups in total. The number of benzene rings is 1. The topological polar surface area (TPSA) is 55.8 Å². The summed E-state index contributed by atoms with van der Waals surface area (Å²) in [6.07, 6.45) is 1.26. The Bertz CT molecular complexity index is 411. The Kier molecular flexibility index (Phi) is 2.33. The van der Waals surface area contributed by atoms with Gasteiger partial charge in [0.05, 0.1) is 0 Å². The van der Waals surface area contributed by atoms with Crippen molar-refractivity contribution in [1.82, 2.24) is 0 Å². The molecule has 0 spiro atoms. The maximum atomic E-state index is 10.6. The molecule has 0 amide bonds. The second kappa shape index (κ2) is 3.65. The number of carbonyl (C=O) groups is 1. The van der Waals surface area contributed by atoms with Crippen LogP contribution in [0.1, 0.15) is 5.56 Å². The molecule has 1 atom stereocenters. The monoisotopic (exact) mass is 206 g/mol. The lowest BCUT2D eigenvalue weighted by atomic mass is 10.1. The minimum absolute atomic E-state index is 0.468. The van der Waals surface area contributed by atoms with Gasteiger partial charge in [0.2, 0.25) is 0 Å². The van der Waals surface area contributed by atoms with Crippen molar-refractivity contribution in [2.24, 2.45) is 0 Å². The molecule has 2 rings (SSSR count). The molecule has 0 saturated carbocycles. The van der Waals surface area contributed by atoms with Crippen LogP contribution in [0.2, 0.25) is 0 Å². The first kappa shape index (κ1) is 9.58. The van der Waals surface area contributed by atoms with Crippen LogP contribution in [0.4, 0.5) is 0 Å². The van der Waals surface area contributed by atoms with Crippen molar-refractivity contribution in [2.75, 3.05) is 0 Å². The number of hydrogen-bond donors (Lipinski definition) is 1. The Balaban J connectivity index is 2.23. The summed E-state index contributed by atoms with van der Waals surface area (Å²) in [4.78, 5) is 10.6. The zero-order valence-corrected chi connectivity index (χ0v) is 7.97. The van der Waals surface area contributed by atoms with Gasteiger partial charge in [0.15, 0.2) is 11.5 Å². The van der Waals surface area contributed by atoms with Gasteiger partial charge in [-0.15, -0.1) is 6.58 Å². The molecule has 1 heterocycles. The van der Waals surface area contributed by atoms with Crippen molar-refractivity contribution in [1.29, 1.82) is 0 Å². The number of carboxylic acids is 1. The summed E-state index contributed by atoms with van der Waals surface area (Å²) in [5.74, 6) is -0.187. The van der Waals surface area contributed by atoms with Crippen molar-refractivity contribution in [3.63, 3.8) is 0 Å². The number of allylic oxidation sites excluding steroid dienone is 1. The van der Waals surface area contributed by atoms with Crippen LogP contribution in [-0.2, 0) is 11.2 Å². The van der Waals surface area contributed by atoms with Gasteiger partial charge in [-0.3, -0.25) is 0 Å². The van der Waals surface area contributed by atoms with Crippen LogP contribution in [0.5, 0.6) is 11.5 Å². The van der Waals surface area contributed by atoms with Crippen molar-refractivity contribution in [3.8, 4) is 11.5 Å². The van der Waals surface area contributed by atoms with Crippen molar-refractivity contribution in [2.45, 2.75) is 12.7 Å². The zero-order valence-electron chi connectivity index (χ0n) is 7.97. The second-order valence-electron chi connectivity index (χ2n) is 3.18. The van der Waals surface area contributed by atoms with Crippen LogP contribution >= 0.6 is 0 Å². The fourth-order valence-electron chi connectivity index (χ4n) is 1.39. The summed E-state index contributed by atoms with van der Waals surface area (Å²) in [6.45, 7) is 3.63. The minimum atomic E-state index is -1.22. The molecule has 78 valence electrons. The third-order valence-electron chi connectivity index (χ3n) is 2.06. The number of rotatable bonds is 3. The third-order valence-corrected chi connectivity index (χ3v) is 2.06. The molecular formula is C11H10O4. The van der Waals surface area contributed by atoms with E-state index in [1.807, 2.05) is 6.07 Å². The van der Waals surface area contributed by atoms with Crippen molar-refractivity contribution in [3.05, 3.63) is 36.4 Å². The standard InChI is InChI=1S/C11H10O4/c1-2-3-7-4-5-8-9(6-7)15-11(14-8)10(12)13/h2,4-6,11H,1,3H2,(H,12,13). The van der Waals surface area contributed by atoms with E-state index in [2.05, 4.69) is 6.58 Å². The largest absolute Gasteiger partial charge is 0.476 e. The van der Waals surface area contributed by atoms with Crippen LogP contribution in [0.15, 0.2) is 30.9 Å². The Morgan fingerprint density at radius 1 is 1.47 bits per heavy atom. The van der Waals surface area contributed by atoms with Crippen molar-refractivity contribution >= 4 is 5.97 Å². The molecule has 0 fully saturated rings. The fourth-order valence-corrected chi connectivity index (χ4v) is 1.39. The van der Waals surface area contributed by atoms with Gasteiger partial charge in [-0.05, 0) is 24.1 Å². The Morgan fingerprint density at radius 2 is 2.20 bits per heavy atom. The van der Waals surface area contributed by atoms with Crippen LogP contribution in [0, 0.1) is 0 Å². The lowest BCUT2D eigenvalue weighted by molar-refractivity contribution is -0.154. The molecule has 1 unspecified atom stereocenters. The molecule has 15 heavy (non-hydrogen) atoms. The average Bonchev–Trinajstić information content (AvgIpc) is 2.61. The molecule has 4 nitrogen and oxygen atoms in total. The summed E-state index contributed by atoms with van der Waals surface area (Å²) in [6, 6.07) is 5.32. The van der Waals surface area contributed by atoms with E-state index >= 15 is 0 Å². The van der Waals surface area contributed by atoms with Gasteiger partial charge in [-0.2, -0.15) is 0 Å². The summed E-state index contributed by atoms with van der Waals surface area (Å²) < 4.78 is 10.2. The second-order valence-corrected chi connectivity index (χ2v) is 3.18. The van der Waals surface area contributed by atoms with E-state index < -0.39 is 12.3 Å². The summed E-state index contributed by atoms with van der Waals surface area (Å²) in [5, 5.41) is 8.69. The van der Waals surface area contributed by atoms with E-state index in [0.29, 0.717) is 17.9 Å². The molecule has 1 aliphatic heterocycles. The van der Waals surface area contributed by atoms with Gasteiger partial charge in [0.1, 0.15) is 0 Å². The van der Waals surface area contributed by atoms with Crippen LogP contribution in [-0.4, -0.2) is 17.4 Å². The predicted octanol–water partition coefficient (Wildman–Crippen LogP) is 1.60. The Hall–Kier alpha value is -1.97. The first-order valence-corrected chi connectivity index (χ1v) is 4.50. The highest BCUT2D eigenvalue weighted by atomic mass is 16.7. The van der Waals surface area contributed by atoms with Gasteiger partial charge in [0, 0.05) is 0 Å². The van der Waals surface area contributed by atoms with Crippen LogP contribution < -0.4 is 9.47 Å². The SMILES string of the molecule is C=CCc1ccc2c(c1)OC(C(=O)O)O2. The fraction of sp³-hybridized carbons (Fsp3) is 0.182. The molecule has 1 aliphatic rings. The molecule has 0 saturated heterocycles. The lowest BCUT2D eigenvalue weighted by Crippen LogP contribution is -2.28. The summed E-state index contributed by atoms with van der Waals surface area (Å²) in [7, 11) is 0. The molecular weight excluding hydrogens is 196 g/mol.